The van der Waals surface area contributed by atoms with Crippen molar-refractivity contribution in [3.8, 4) is 5.69 Å². The quantitative estimate of drug-likeness (QED) is 0.774. The zero-order valence-electron chi connectivity index (χ0n) is 12.4. The molecule has 2 heterocycles. The third-order valence-corrected chi connectivity index (χ3v) is 4.96. The summed E-state index contributed by atoms with van der Waals surface area (Å²) in [6.07, 6.45) is 8.81. The van der Waals surface area contributed by atoms with Crippen LogP contribution in [0.1, 0.15) is 13.3 Å². The molecule has 0 spiro atoms. The molecule has 122 valence electrons. The lowest BCUT2D eigenvalue weighted by atomic mass is 10.3. The molecule has 0 aliphatic heterocycles. The van der Waals surface area contributed by atoms with E-state index in [1.807, 2.05) is 6.92 Å². The largest absolute Gasteiger partial charge is 0.350 e. The van der Waals surface area contributed by atoms with Crippen molar-refractivity contribution in [2.24, 2.45) is 5.92 Å². The molecule has 1 aliphatic carbocycles. The SMILES string of the molecule is [CH2-]SC1CC1C(=O)N(CC)c1cn(-c2cncc(F)c2)nc1Cl. The van der Waals surface area contributed by atoms with Crippen LogP contribution >= 0.6 is 23.4 Å². The number of carbonyl (C=O) groups is 1. The summed E-state index contributed by atoms with van der Waals surface area (Å²) < 4.78 is 14.7. The summed E-state index contributed by atoms with van der Waals surface area (Å²) in [5.74, 6) is -0.465. The minimum absolute atomic E-state index is 0.0206. The first kappa shape index (κ1) is 16.3. The van der Waals surface area contributed by atoms with E-state index in [0.29, 0.717) is 17.9 Å². The minimum atomic E-state index is -0.465. The Morgan fingerprint density at radius 2 is 2.39 bits per heavy atom. The second-order valence-electron chi connectivity index (χ2n) is 5.24. The van der Waals surface area contributed by atoms with Crippen molar-refractivity contribution >= 4 is 35.0 Å². The van der Waals surface area contributed by atoms with Gasteiger partial charge in [-0.05, 0) is 18.6 Å². The third-order valence-electron chi connectivity index (χ3n) is 3.74. The van der Waals surface area contributed by atoms with Crippen LogP contribution in [-0.4, -0.2) is 32.5 Å². The smallest absolute Gasteiger partial charge is 0.231 e. The highest BCUT2D eigenvalue weighted by Crippen LogP contribution is 2.43. The second kappa shape index (κ2) is 6.49. The summed E-state index contributed by atoms with van der Waals surface area (Å²) in [7, 11) is 0. The predicted octanol–water partition coefficient (Wildman–Crippen LogP) is 3.33. The molecule has 1 fully saturated rings. The first-order chi connectivity index (χ1) is 11.0. The summed E-state index contributed by atoms with van der Waals surface area (Å²) in [6, 6.07) is 1.30. The van der Waals surface area contributed by atoms with Crippen molar-refractivity contribution in [3.05, 3.63) is 41.9 Å². The van der Waals surface area contributed by atoms with Crippen molar-refractivity contribution in [2.75, 3.05) is 11.4 Å². The predicted molar refractivity (Wildman–Crippen MR) is 89.2 cm³/mol. The fourth-order valence-electron chi connectivity index (χ4n) is 2.44. The molecule has 2 aromatic rings. The van der Waals surface area contributed by atoms with Gasteiger partial charge in [0.2, 0.25) is 5.91 Å². The molecule has 0 aromatic carbocycles. The number of nitrogens with zero attached hydrogens (tertiary/aromatic N) is 4. The minimum Gasteiger partial charge on any atom is -0.350 e. The van der Waals surface area contributed by atoms with E-state index in [9.17, 15) is 9.18 Å². The van der Waals surface area contributed by atoms with E-state index in [1.165, 1.54) is 28.7 Å². The Hall–Kier alpha value is -1.60. The lowest BCUT2D eigenvalue weighted by molar-refractivity contribution is -0.119. The number of rotatable bonds is 5. The van der Waals surface area contributed by atoms with E-state index in [2.05, 4.69) is 16.3 Å². The highest BCUT2D eigenvalue weighted by atomic mass is 35.5. The summed E-state index contributed by atoms with van der Waals surface area (Å²) in [6.45, 7) is 2.36. The Labute approximate surface area is 142 Å². The van der Waals surface area contributed by atoms with E-state index in [1.54, 1.807) is 11.1 Å². The van der Waals surface area contributed by atoms with Crippen LogP contribution in [-0.2, 0) is 4.79 Å². The van der Waals surface area contributed by atoms with Gasteiger partial charge in [-0.3, -0.25) is 16.0 Å². The molecule has 2 aromatic heterocycles. The van der Waals surface area contributed by atoms with Crippen LogP contribution in [0.25, 0.3) is 5.69 Å². The van der Waals surface area contributed by atoms with Gasteiger partial charge < -0.3 is 16.7 Å². The van der Waals surface area contributed by atoms with Gasteiger partial charge in [-0.25, -0.2) is 9.07 Å². The molecule has 1 aliphatic rings. The van der Waals surface area contributed by atoms with Crippen LogP contribution in [0.3, 0.4) is 0 Å². The zero-order chi connectivity index (χ0) is 16.6. The Kier molecular flexibility index (Phi) is 4.59. The Balaban J connectivity index is 1.89. The lowest BCUT2D eigenvalue weighted by Crippen LogP contribution is -2.32. The van der Waals surface area contributed by atoms with Crippen LogP contribution in [0.15, 0.2) is 24.7 Å². The van der Waals surface area contributed by atoms with Crippen LogP contribution in [0.5, 0.6) is 0 Å². The summed E-state index contributed by atoms with van der Waals surface area (Å²) >= 11 is 7.65. The summed E-state index contributed by atoms with van der Waals surface area (Å²) in [5, 5.41) is 4.63. The average molecular weight is 354 g/mol. The average Bonchev–Trinajstić information content (AvgIpc) is 3.24. The molecule has 0 radical (unpaired) electrons. The van der Waals surface area contributed by atoms with Gasteiger partial charge in [0, 0.05) is 18.5 Å². The highest BCUT2D eigenvalue weighted by molar-refractivity contribution is 8.01. The normalized spacial score (nSPS) is 19.7. The molecule has 0 saturated heterocycles. The van der Waals surface area contributed by atoms with Gasteiger partial charge in [0.1, 0.15) is 11.5 Å². The molecular formula is C15H15ClFN4OS-. The van der Waals surface area contributed by atoms with Crippen LogP contribution < -0.4 is 4.90 Å². The standard InChI is InChI=1S/C15H15ClFN4OS/c1-3-20(15(22)11-5-13(11)23-2)12-8-21(19-14(12)16)10-4-9(17)6-18-7-10/h4,6-8,11,13H,2-3,5H2,1H3/q-1. The maximum atomic E-state index is 13.3. The molecule has 3 rings (SSSR count). The Morgan fingerprint density at radius 3 is 3.00 bits per heavy atom. The van der Waals surface area contributed by atoms with Gasteiger partial charge in [-0.1, -0.05) is 11.6 Å². The monoisotopic (exact) mass is 353 g/mol. The molecule has 0 N–H and O–H groups in total. The van der Waals surface area contributed by atoms with Crippen molar-refractivity contribution in [2.45, 2.75) is 18.6 Å². The summed E-state index contributed by atoms with van der Waals surface area (Å²) in [4.78, 5) is 18.0. The van der Waals surface area contributed by atoms with Gasteiger partial charge in [-0.15, -0.1) is 0 Å². The van der Waals surface area contributed by atoms with Crippen molar-refractivity contribution in [1.82, 2.24) is 14.8 Å². The van der Waals surface area contributed by atoms with Gasteiger partial charge in [0.25, 0.3) is 0 Å². The number of hydrogen-bond acceptors (Lipinski definition) is 4. The first-order valence-corrected chi connectivity index (χ1v) is 8.56. The van der Waals surface area contributed by atoms with Gasteiger partial charge in [-0.2, -0.15) is 5.10 Å². The molecule has 2 unspecified atom stereocenters. The molecule has 1 saturated carbocycles. The number of pyridine rings is 1. The molecular weight excluding hydrogens is 339 g/mol. The third kappa shape index (κ3) is 3.21. The number of amides is 1. The van der Waals surface area contributed by atoms with E-state index in [-0.39, 0.29) is 22.2 Å². The van der Waals surface area contributed by atoms with Gasteiger partial charge in [0.05, 0.1) is 24.3 Å². The molecule has 23 heavy (non-hydrogen) atoms. The second-order valence-corrected chi connectivity index (χ2v) is 6.54. The van der Waals surface area contributed by atoms with E-state index >= 15 is 0 Å². The van der Waals surface area contributed by atoms with Crippen LogP contribution in [0.4, 0.5) is 10.1 Å². The molecule has 2 atom stereocenters. The van der Waals surface area contributed by atoms with E-state index in [4.69, 9.17) is 11.6 Å². The molecule has 8 heteroatoms. The number of hydrogen-bond donors (Lipinski definition) is 0. The van der Waals surface area contributed by atoms with Crippen molar-refractivity contribution in [3.63, 3.8) is 0 Å². The number of carbonyl (C=O) groups excluding carboxylic acids is 1. The van der Waals surface area contributed by atoms with Crippen LogP contribution in [0, 0.1) is 18.0 Å². The van der Waals surface area contributed by atoms with E-state index in [0.717, 1.165) is 12.6 Å². The fraction of sp³-hybridized carbons (Fsp3) is 0.333. The molecule has 1 amide bonds. The summed E-state index contributed by atoms with van der Waals surface area (Å²) in [5.41, 5.74) is 0.961. The zero-order valence-corrected chi connectivity index (χ0v) is 14.0. The fourth-order valence-corrected chi connectivity index (χ4v) is 3.37. The van der Waals surface area contributed by atoms with Crippen LogP contribution in [0.2, 0.25) is 5.15 Å². The van der Waals surface area contributed by atoms with E-state index < -0.39 is 5.82 Å². The Bertz CT molecular complexity index is 738. The van der Waals surface area contributed by atoms with Gasteiger partial charge >= 0.3 is 0 Å². The number of aromatic nitrogens is 3. The lowest BCUT2D eigenvalue weighted by Gasteiger charge is -2.19. The molecule has 0 bridgehead atoms. The topological polar surface area (TPSA) is 51.0 Å². The van der Waals surface area contributed by atoms with Crippen molar-refractivity contribution in [1.29, 1.82) is 0 Å². The first-order valence-electron chi connectivity index (χ1n) is 7.13. The number of anilines is 1. The van der Waals surface area contributed by atoms with Gasteiger partial charge in [0.15, 0.2) is 5.15 Å². The number of halogens is 2. The maximum Gasteiger partial charge on any atom is 0.231 e. The maximum absolute atomic E-state index is 13.3. The Morgan fingerprint density at radius 1 is 1.61 bits per heavy atom. The van der Waals surface area contributed by atoms with Crippen molar-refractivity contribution < 1.29 is 9.18 Å². The highest BCUT2D eigenvalue weighted by Gasteiger charge is 2.43. The number of thioether (sulfide) groups is 1. The molecule has 5 nitrogen and oxygen atoms in total.